The number of hydrogen-bond acceptors (Lipinski definition) is 3. The topological polar surface area (TPSA) is 49.8 Å². The van der Waals surface area contributed by atoms with Crippen molar-refractivity contribution in [1.29, 1.82) is 5.26 Å². The first-order valence-corrected chi connectivity index (χ1v) is 5.76. The summed E-state index contributed by atoms with van der Waals surface area (Å²) in [5, 5.41) is 12.8. The zero-order valence-corrected chi connectivity index (χ0v) is 9.81. The maximum absolute atomic E-state index is 8.69. The summed E-state index contributed by atoms with van der Waals surface area (Å²) in [5.41, 5.74) is 3.05. The Morgan fingerprint density at radius 1 is 1.29 bits per heavy atom. The fourth-order valence-electron chi connectivity index (χ4n) is 1.88. The third-order valence-corrected chi connectivity index (χ3v) is 2.73. The Balaban J connectivity index is 2.41. The van der Waals surface area contributed by atoms with Gasteiger partial charge in [-0.2, -0.15) is 5.26 Å². The van der Waals surface area contributed by atoms with E-state index in [-0.39, 0.29) is 0 Å². The molecule has 0 bridgehead atoms. The second-order valence-electron chi connectivity index (χ2n) is 3.81. The summed E-state index contributed by atoms with van der Waals surface area (Å²) < 4.78 is 5.41. The monoisotopic (exact) mass is 226 g/mol. The van der Waals surface area contributed by atoms with Gasteiger partial charge < -0.3 is 4.52 Å². The third kappa shape index (κ3) is 2.36. The summed E-state index contributed by atoms with van der Waals surface area (Å²) >= 11 is 0. The van der Waals surface area contributed by atoms with Crippen molar-refractivity contribution in [3.63, 3.8) is 0 Å². The van der Waals surface area contributed by atoms with Gasteiger partial charge in [0.05, 0.1) is 11.8 Å². The zero-order valence-electron chi connectivity index (χ0n) is 9.81. The molecular weight excluding hydrogens is 212 g/mol. The Morgan fingerprint density at radius 3 is 2.71 bits per heavy atom. The second kappa shape index (κ2) is 5.31. The van der Waals surface area contributed by atoms with Crippen LogP contribution < -0.4 is 0 Å². The van der Waals surface area contributed by atoms with Crippen LogP contribution in [-0.4, -0.2) is 5.16 Å². The summed E-state index contributed by atoms with van der Waals surface area (Å²) in [6.45, 7) is 2.04. The zero-order chi connectivity index (χ0) is 12.1. The predicted octanol–water partition coefficient (Wildman–Crippen LogP) is 3.36. The van der Waals surface area contributed by atoms with Gasteiger partial charge in [-0.15, -0.1) is 0 Å². The highest BCUT2D eigenvalue weighted by atomic mass is 16.5. The minimum atomic E-state index is 0.494. The van der Waals surface area contributed by atoms with Crippen LogP contribution in [0.2, 0.25) is 0 Å². The van der Waals surface area contributed by atoms with Crippen molar-refractivity contribution < 1.29 is 4.52 Å². The fourth-order valence-corrected chi connectivity index (χ4v) is 1.88. The van der Waals surface area contributed by atoms with Gasteiger partial charge in [-0.25, -0.2) is 0 Å². The molecule has 3 nitrogen and oxygen atoms in total. The van der Waals surface area contributed by atoms with E-state index in [0.717, 1.165) is 29.0 Å². The molecule has 86 valence electrons. The average molecular weight is 226 g/mol. The Labute approximate surface area is 101 Å². The molecule has 0 amide bonds. The Kier molecular flexibility index (Phi) is 3.56. The number of aromatic nitrogens is 1. The van der Waals surface area contributed by atoms with Crippen molar-refractivity contribution in [2.45, 2.75) is 26.2 Å². The van der Waals surface area contributed by atoms with Gasteiger partial charge in [-0.05, 0) is 12.8 Å². The number of aryl methyl sites for hydroxylation is 1. The molecular formula is C14H14N2O. The van der Waals surface area contributed by atoms with Gasteiger partial charge in [0.1, 0.15) is 0 Å². The van der Waals surface area contributed by atoms with E-state index in [1.165, 1.54) is 0 Å². The van der Waals surface area contributed by atoms with Crippen LogP contribution in [0.3, 0.4) is 0 Å². The van der Waals surface area contributed by atoms with Crippen LogP contribution in [0.4, 0.5) is 0 Å². The summed E-state index contributed by atoms with van der Waals surface area (Å²) in [4.78, 5) is 0. The van der Waals surface area contributed by atoms with Gasteiger partial charge in [0, 0.05) is 17.5 Å². The van der Waals surface area contributed by atoms with Gasteiger partial charge in [-0.1, -0.05) is 42.4 Å². The minimum Gasteiger partial charge on any atom is -0.356 e. The molecule has 3 heteroatoms. The Morgan fingerprint density at radius 2 is 2.06 bits per heavy atom. The van der Waals surface area contributed by atoms with E-state index < -0.39 is 0 Å². The number of rotatable bonds is 4. The van der Waals surface area contributed by atoms with E-state index in [9.17, 15) is 0 Å². The number of nitrogens with zero attached hydrogens (tertiary/aromatic N) is 2. The van der Waals surface area contributed by atoms with E-state index >= 15 is 0 Å². The van der Waals surface area contributed by atoms with Crippen LogP contribution >= 0.6 is 0 Å². The second-order valence-corrected chi connectivity index (χ2v) is 3.81. The highest BCUT2D eigenvalue weighted by Crippen LogP contribution is 2.27. The molecule has 0 spiro atoms. The predicted molar refractivity (Wildman–Crippen MR) is 65.3 cm³/mol. The molecule has 1 heterocycles. The molecule has 0 saturated heterocycles. The minimum absolute atomic E-state index is 0.494. The molecule has 1 aromatic carbocycles. The normalized spacial score (nSPS) is 10.1. The molecule has 0 radical (unpaired) electrons. The molecule has 17 heavy (non-hydrogen) atoms. The van der Waals surface area contributed by atoms with Crippen LogP contribution in [0.5, 0.6) is 0 Å². The first kappa shape index (κ1) is 11.4. The summed E-state index contributed by atoms with van der Waals surface area (Å²) in [6, 6.07) is 12.1. The maximum atomic E-state index is 8.69. The van der Waals surface area contributed by atoms with Crippen LogP contribution in [-0.2, 0) is 12.8 Å². The summed E-state index contributed by atoms with van der Waals surface area (Å²) in [7, 11) is 0. The van der Waals surface area contributed by atoms with Crippen LogP contribution in [0.25, 0.3) is 11.3 Å². The molecule has 0 saturated carbocycles. The molecule has 0 unspecified atom stereocenters. The van der Waals surface area contributed by atoms with E-state index in [1.807, 2.05) is 37.3 Å². The number of nitriles is 1. The molecule has 0 atom stereocenters. The van der Waals surface area contributed by atoms with Crippen molar-refractivity contribution in [3.05, 3.63) is 41.6 Å². The van der Waals surface area contributed by atoms with Crippen molar-refractivity contribution in [3.8, 4) is 17.4 Å². The molecule has 0 fully saturated rings. The number of benzene rings is 1. The summed E-state index contributed by atoms with van der Waals surface area (Å²) in [6.07, 6.45) is 2.03. The first-order valence-electron chi connectivity index (χ1n) is 5.76. The van der Waals surface area contributed by atoms with Gasteiger partial charge in [0.25, 0.3) is 0 Å². The van der Waals surface area contributed by atoms with E-state index in [4.69, 9.17) is 9.78 Å². The largest absolute Gasteiger partial charge is 0.356 e. The van der Waals surface area contributed by atoms with Gasteiger partial charge >= 0.3 is 0 Å². The smallest absolute Gasteiger partial charge is 0.170 e. The van der Waals surface area contributed by atoms with Gasteiger partial charge in [0.15, 0.2) is 5.76 Å². The van der Waals surface area contributed by atoms with Gasteiger partial charge in [0.2, 0.25) is 0 Å². The quantitative estimate of drug-likeness (QED) is 0.803. The van der Waals surface area contributed by atoms with E-state index in [1.54, 1.807) is 0 Å². The maximum Gasteiger partial charge on any atom is 0.170 e. The SMILES string of the molecule is CCc1noc(-c2ccccc2)c1CCC#N. The lowest BCUT2D eigenvalue weighted by Crippen LogP contribution is -1.91. The molecule has 0 aliphatic rings. The molecule has 1 aromatic heterocycles. The lowest BCUT2D eigenvalue weighted by molar-refractivity contribution is 0.424. The fraction of sp³-hybridized carbons (Fsp3) is 0.286. The highest BCUT2D eigenvalue weighted by molar-refractivity contribution is 5.61. The number of hydrogen-bond donors (Lipinski definition) is 0. The van der Waals surface area contributed by atoms with Crippen molar-refractivity contribution >= 4 is 0 Å². The van der Waals surface area contributed by atoms with Gasteiger partial charge in [-0.3, -0.25) is 0 Å². The van der Waals surface area contributed by atoms with E-state index in [0.29, 0.717) is 12.8 Å². The molecule has 0 N–H and O–H groups in total. The Hall–Kier alpha value is -2.08. The van der Waals surface area contributed by atoms with Crippen molar-refractivity contribution in [2.75, 3.05) is 0 Å². The standard InChI is InChI=1S/C14H14N2O/c1-2-13-12(9-6-10-15)14(17-16-13)11-7-4-3-5-8-11/h3-5,7-8H,2,6,9H2,1H3. The average Bonchev–Trinajstić information content (AvgIpc) is 2.80. The van der Waals surface area contributed by atoms with Crippen molar-refractivity contribution in [2.24, 2.45) is 0 Å². The van der Waals surface area contributed by atoms with Crippen LogP contribution in [0.1, 0.15) is 24.6 Å². The lowest BCUT2D eigenvalue weighted by Gasteiger charge is -2.00. The summed E-state index contributed by atoms with van der Waals surface area (Å²) in [5.74, 6) is 0.803. The van der Waals surface area contributed by atoms with Crippen molar-refractivity contribution in [1.82, 2.24) is 5.16 Å². The first-order chi connectivity index (χ1) is 8.36. The lowest BCUT2D eigenvalue weighted by atomic mass is 10.0. The molecule has 0 aliphatic heterocycles. The molecule has 2 aromatic rings. The molecule has 0 aliphatic carbocycles. The van der Waals surface area contributed by atoms with Crippen LogP contribution in [0.15, 0.2) is 34.9 Å². The molecule has 2 rings (SSSR count). The van der Waals surface area contributed by atoms with Crippen LogP contribution in [0, 0.1) is 11.3 Å². The highest BCUT2D eigenvalue weighted by Gasteiger charge is 2.15. The third-order valence-electron chi connectivity index (χ3n) is 2.73. The van der Waals surface area contributed by atoms with E-state index in [2.05, 4.69) is 11.2 Å². The Bertz CT molecular complexity index is 523.